The van der Waals surface area contributed by atoms with Crippen molar-refractivity contribution in [1.82, 2.24) is 34.4 Å². The highest BCUT2D eigenvalue weighted by molar-refractivity contribution is 5.92. The molecule has 3 aromatic rings. The molecule has 4 rings (SSSR count). The average molecular weight is 350 g/mol. The van der Waals surface area contributed by atoms with E-state index in [1.54, 1.807) is 23.6 Å². The van der Waals surface area contributed by atoms with E-state index >= 15 is 0 Å². The molecule has 0 spiro atoms. The second-order valence-electron chi connectivity index (χ2n) is 5.97. The zero-order chi connectivity index (χ0) is 17.9. The number of carbonyl (C=O) groups is 1. The van der Waals surface area contributed by atoms with E-state index in [1.165, 1.54) is 12.4 Å². The second-order valence-corrected chi connectivity index (χ2v) is 5.97. The van der Waals surface area contributed by atoms with E-state index < -0.39 is 0 Å². The van der Waals surface area contributed by atoms with Crippen LogP contribution in [0.3, 0.4) is 0 Å². The molecule has 0 aliphatic carbocycles. The third-order valence-electron chi connectivity index (χ3n) is 4.25. The van der Waals surface area contributed by atoms with Crippen molar-refractivity contribution in [1.29, 1.82) is 0 Å². The summed E-state index contributed by atoms with van der Waals surface area (Å²) in [5.41, 5.74) is 0.376. The Morgan fingerprint density at radius 1 is 1.00 bits per heavy atom. The minimum Gasteiger partial charge on any atom is -0.353 e. The monoisotopic (exact) mass is 350 g/mol. The van der Waals surface area contributed by atoms with Crippen LogP contribution in [0.5, 0.6) is 0 Å². The Hall–Kier alpha value is -3.36. The predicted molar refractivity (Wildman–Crippen MR) is 94.0 cm³/mol. The number of imidazole rings is 1. The van der Waals surface area contributed by atoms with Gasteiger partial charge in [0.05, 0.1) is 6.20 Å². The van der Waals surface area contributed by atoms with E-state index in [4.69, 9.17) is 0 Å². The summed E-state index contributed by atoms with van der Waals surface area (Å²) in [6.45, 7) is 4.49. The zero-order valence-electron chi connectivity index (χ0n) is 14.4. The number of amides is 1. The molecule has 1 saturated heterocycles. The molecule has 0 aromatic carbocycles. The second kappa shape index (κ2) is 6.87. The fourth-order valence-electron chi connectivity index (χ4n) is 2.94. The summed E-state index contributed by atoms with van der Waals surface area (Å²) in [6.07, 6.45) is 9.87. The number of hydrogen-bond acceptors (Lipinski definition) is 7. The fraction of sp³-hybridized carbons (Fsp3) is 0.294. The molecule has 0 N–H and O–H groups in total. The minimum absolute atomic E-state index is 0.0873. The minimum atomic E-state index is -0.0873. The van der Waals surface area contributed by atoms with Gasteiger partial charge in [0, 0.05) is 57.0 Å². The van der Waals surface area contributed by atoms with Crippen molar-refractivity contribution in [3.05, 3.63) is 54.9 Å². The van der Waals surface area contributed by atoms with Gasteiger partial charge in [0.2, 0.25) is 0 Å². The predicted octanol–water partition coefficient (Wildman–Crippen LogP) is 0.723. The van der Waals surface area contributed by atoms with Crippen LogP contribution >= 0.6 is 0 Å². The highest BCUT2D eigenvalue weighted by Crippen LogP contribution is 2.18. The van der Waals surface area contributed by atoms with Crippen LogP contribution < -0.4 is 4.90 Å². The summed E-state index contributed by atoms with van der Waals surface area (Å²) in [5.74, 6) is 2.25. The summed E-state index contributed by atoms with van der Waals surface area (Å²) >= 11 is 0. The Bertz CT molecular complexity index is 888. The van der Waals surface area contributed by atoms with Crippen LogP contribution in [0.25, 0.3) is 5.82 Å². The van der Waals surface area contributed by atoms with E-state index in [0.29, 0.717) is 37.7 Å². The molecule has 4 heterocycles. The number of hydrogen-bond donors (Lipinski definition) is 0. The van der Waals surface area contributed by atoms with Gasteiger partial charge in [-0.05, 0) is 6.92 Å². The van der Waals surface area contributed by atoms with Crippen molar-refractivity contribution < 1.29 is 4.79 Å². The maximum absolute atomic E-state index is 12.5. The summed E-state index contributed by atoms with van der Waals surface area (Å²) in [7, 11) is 0. The first kappa shape index (κ1) is 16.1. The average Bonchev–Trinajstić information content (AvgIpc) is 3.23. The molecule has 0 unspecified atom stereocenters. The first-order chi connectivity index (χ1) is 12.7. The normalized spacial score (nSPS) is 14.5. The lowest BCUT2D eigenvalue weighted by Gasteiger charge is -2.35. The van der Waals surface area contributed by atoms with Gasteiger partial charge in [-0.25, -0.2) is 19.9 Å². The standard InChI is InChI=1S/C17H18N8O/c1-13-21-15(10-16(22-13)25-5-4-19-12-25)23-6-8-24(9-7-23)17(26)14-11-18-2-3-20-14/h2-5,10-12H,6-9H2,1H3. The summed E-state index contributed by atoms with van der Waals surface area (Å²) in [6, 6.07) is 1.94. The van der Waals surface area contributed by atoms with Crippen molar-refractivity contribution in [2.75, 3.05) is 31.1 Å². The van der Waals surface area contributed by atoms with E-state index in [0.717, 1.165) is 11.6 Å². The molecule has 1 fully saturated rings. The quantitative estimate of drug-likeness (QED) is 0.687. The van der Waals surface area contributed by atoms with Crippen LogP contribution in [0.4, 0.5) is 5.82 Å². The zero-order valence-corrected chi connectivity index (χ0v) is 14.4. The van der Waals surface area contributed by atoms with Crippen LogP contribution in [-0.2, 0) is 0 Å². The molecule has 0 bridgehead atoms. The van der Waals surface area contributed by atoms with E-state index in [1.807, 2.05) is 23.8 Å². The van der Waals surface area contributed by atoms with Crippen LogP contribution in [-0.4, -0.2) is 66.5 Å². The topological polar surface area (TPSA) is 92.9 Å². The molecule has 1 aliphatic rings. The van der Waals surface area contributed by atoms with Crippen molar-refractivity contribution in [3.63, 3.8) is 0 Å². The van der Waals surface area contributed by atoms with Gasteiger partial charge >= 0.3 is 0 Å². The Morgan fingerprint density at radius 2 is 1.81 bits per heavy atom. The molecule has 0 radical (unpaired) electrons. The molecule has 9 nitrogen and oxygen atoms in total. The van der Waals surface area contributed by atoms with Crippen LogP contribution in [0, 0.1) is 6.92 Å². The van der Waals surface area contributed by atoms with Crippen LogP contribution in [0.1, 0.15) is 16.3 Å². The number of aromatic nitrogens is 6. The maximum Gasteiger partial charge on any atom is 0.274 e. The van der Waals surface area contributed by atoms with E-state index in [-0.39, 0.29) is 5.91 Å². The van der Waals surface area contributed by atoms with Gasteiger partial charge in [-0.2, -0.15) is 0 Å². The number of anilines is 1. The Morgan fingerprint density at radius 3 is 2.50 bits per heavy atom. The molecule has 9 heteroatoms. The largest absolute Gasteiger partial charge is 0.353 e. The van der Waals surface area contributed by atoms with Crippen molar-refractivity contribution in [2.24, 2.45) is 0 Å². The number of rotatable bonds is 3. The number of nitrogens with zero attached hydrogens (tertiary/aromatic N) is 8. The van der Waals surface area contributed by atoms with Crippen LogP contribution in [0.15, 0.2) is 43.4 Å². The van der Waals surface area contributed by atoms with Gasteiger partial charge in [-0.3, -0.25) is 14.3 Å². The molecule has 0 saturated carbocycles. The van der Waals surface area contributed by atoms with Crippen molar-refractivity contribution in [3.8, 4) is 5.82 Å². The lowest BCUT2D eigenvalue weighted by atomic mass is 10.2. The lowest BCUT2D eigenvalue weighted by molar-refractivity contribution is 0.0740. The van der Waals surface area contributed by atoms with E-state index in [9.17, 15) is 4.79 Å². The maximum atomic E-state index is 12.5. The van der Waals surface area contributed by atoms with Crippen molar-refractivity contribution >= 4 is 11.7 Å². The highest BCUT2D eigenvalue weighted by atomic mass is 16.2. The fourth-order valence-corrected chi connectivity index (χ4v) is 2.94. The summed E-state index contributed by atoms with van der Waals surface area (Å²) < 4.78 is 1.85. The Balaban J connectivity index is 1.47. The molecule has 0 atom stereocenters. The van der Waals surface area contributed by atoms with E-state index in [2.05, 4.69) is 29.8 Å². The third-order valence-corrected chi connectivity index (χ3v) is 4.25. The molecule has 1 amide bonds. The number of carbonyl (C=O) groups excluding carboxylic acids is 1. The Labute approximate surface area is 150 Å². The Kier molecular flexibility index (Phi) is 4.26. The van der Waals surface area contributed by atoms with Gasteiger partial charge in [0.1, 0.15) is 29.5 Å². The lowest BCUT2D eigenvalue weighted by Crippen LogP contribution is -2.49. The molecule has 1 aliphatic heterocycles. The number of piperazine rings is 1. The molecular weight excluding hydrogens is 332 g/mol. The third kappa shape index (κ3) is 3.23. The molecule has 132 valence electrons. The highest BCUT2D eigenvalue weighted by Gasteiger charge is 2.24. The van der Waals surface area contributed by atoms with Gasteiger partial charge in [-0.15, -0.1) is 0 Å². The SMILES string of the molecule is Cc1nc(N2CCN(C(=O)c3cnccn3)CC2)cc(-n2ccnc2)n1. The van der Waals surface area contributed by atoms with Gasteiger partial charge in [0.15, 0.2) is 0 Å². The molecule has 3 aromatic heterocycles. The van der Waals surface area contributed by atoms with Gasteiger partial charge < -0.3 is 9.80 Å². The summed E-state index contributed by atoms with van der Waals surface area (Å²) in [4.78, 5) is 37.6. The summed E-state index contributed by atoms with van der Waals surface area (Å²) in [5, 5.41) is 0. The molecule has 26 heavy (non-hydrogen) atoms. The van der Waals surface area contributed by atoms with Crippen LogP contribution in [0.2, 0.25) is 0 Å². The number of aryl methyl sites for hydroxylation is 1. The smallest absolute Gasteiger partial charge is 0.274 e. The first-order valence-corrected chi connectivity index (χ1v) is 8.35. The van der Waals surface area contributed by atoms with Gasteiger partial charge in [0.25, 0.3) is 5.91 Å². The van der Waals surface area contributed by atoms with Crippen molar-refractivity contribution in [2.45, 2.75) is 6.92 Å². The molecular formula is C17H18N8O. The first-order valence-electron chi connectivity index (χ1n) is 8.35. The van der Waals surface area contributed by atoms with Gasteiger partial charge in [-0.1, -0.05) is 0 Å².